The van der Waals surface area contributed by atoms with Crippen LogP contribution in [-0.2, 0) is 0 Å². The zero-order chi connectivity index (χ0) is 14.4. The molecule has 0 atom stereocenters. The average molecular weight is 273 g/mol. The largest absolute Gasteiger partial charge is 0.352 e. The smallest absolute Gasteiger partial charge is 0.285 e. The lowest BCUT2D eigenvalue weighted by Gasteiger charge is -2.06. The van der Waals surface area contributed by atoms with Crippen molar-refractivity contribution in [3.63, 3.8) is 0 Å². The molecule has 104 valence electrons. The Morgan fingerprint density at radius 3 is 2.53 bits per heavy atom. The van der Waals surface area contributed by atoms with Crippen LogP contribution in [0.15, 0.2) is 12.1 Å². The molecule has 0 spiro atoms. The van der Waals surface area contributed by atoms with E-state index in [0.717, 1.165) is 0 Å². The highest BCUT2D eigenvalue weighted by atomic mass is 19.2. The molecule has 8 heteroatoms. The molecule has 1 rings (SSSR count). The van der Waals surface area contributed by atoms with Crippen molar-refractivity contribution in [3.05, 3.63) is 39.4 Å². The number of hydrogen-bond acceptors (Lipinski definition) is 4. The first kappa shape index (κ1) is 15.0. The fourth-order valence-electron chi connectivity index (χ4n) is 1.43. The highest BCUT2D eigenvalue weighted by Gasteiger charge is 2.23. The molecule has 0 aliphatic carbocycles. The van der Waals surface area contributed by atoms with Crippen molar-refractivity contribution in [1.82, 2.24) is 10.6 Å². The van der Waals surface area contributed by atoms with Crippen LogP contribution < -0.4 is 10.6 Å². The van der Waals surface area contributed by atoms with E-state index in [-0.39, 0.29) is 6.54 Å². The number of benzene rings is 1. The zero-order valence-corrected chi connectivity index (χ0v) is 10.2. The molecule has 0 aliphatic rings. The van der Waals surface area contributed by atoms with Crippen LogP contribution in [0.2, 0.25) is 0 Å². The van der Waals surface area contributed by atoms with Gasteiger partial charge in [0.2, 0.25) is 0 Å². The van der Waals surface area contributed by atoms with Gasteiger partial charge in [0, 0.05) is 6.54 Å². The van der Waals surface area contributed by atoms with Crippen molar-refractivity contribution in [2.75, 3.05) is 20.1 Å². The van der Waals surface area contributed by atoms with Gasteiger partial charge < -0.3 is 10.6 Å². The second-order valence-electron chi connectivity index (χ2n) is 3.75. The van der Waals surface area contributed by atoms with Crippen LogP contribution in [-0.4, -0.2) is 31.0 Å². The summed E-state index contributed by atoms with van der Waals surface area (Å²) >= 11 is 0. The SMILES string of the molecule is CNCCCNC(=O)c1cc(F)c(F)cc1[N+](=O)[O-]. The summed E-state index contributed by atoms with van der Waals surface area (Å²) in [6.45, 7) is 0.927. The van der Waals surface area contributed by atoms with E-state index < -0.39 is 33.7 Å². The number of rotatable bonds is 6. The lowest BCUT2D eigenvalue weighted by atomic mass is 10.1. The topological polar surface area (TPSA) is 84.3 Å². The molecule has 0 heterocycles. The Balaban J connectivity index is 2.89. The first-order chi connectivity index (χ1) is 8.97. The second kappa shape index (κ2) is 6.74. The molecule has 0 aromatic heterocycles. The fraction of sp³-hybridized carbons (Fsp3) is 0.364. The molecule has 2 N–H and O–H groups in total. The van der Waals surface area contributed by atoms with Gasteiger partial charge >= 0.3 is 0 Å². The number of nitrogens with zero attached hydrogens (tertiary/aromatic N) is 1. The Morgan fingerprint density at radius 1 is 1.32 bits per heavy atom. The third-order valence-electron chi connectivity index (χ3n) is 2.37. The van der Waals surface area contributed by atoms with Gasteiger partial charge in [0.05, 0.1) is 11.0 Å². The molecule has 0 radical (unpaired) electrons. The predicted octanol–water partition coefficient (Wildman–Crippen LogP) is 1.21. The van der Waals surface area contributed by atoms with Crippen LogP contribution in [0.25, 0.3) is 0 Å². The summed E-state index contributed by atoms with van der Waals surface area (Å²) in [6.07, 6.45) is 0.611. The second-order valence-corrected chi connectivity index (χ2v) is 3.75. The van der Waals surface area contributed by atoms with Crippen molar-refractivity contribution in [1.29, 1.82) is 0 Å². The molecule has 19 heavy (non-hydrogen) atoms. The molecular formula is C11H13F2N3O3. The van der Waals surface area contributed by atoms with Crippen molar-refractivity contribution >= 4 is 11.6 Å². The standard InChI is InChI=1S/C11H13F2N3O3/c1-14-3-2-4-15-11(17)7-5-8(12)9(13)6-10(7)16(18)19/h5-6,14H,2-4H2,1H3,(H,15,17). The summed E-state index contributed by atoms with van der Waals surface area (Å²) in [5, 5.41) is 16.0. The van der Waals surface area contributed by atoms with Gasteiger partial charge in [-0.05, 0) is 26.1 Å². The van der Waals surface area contributed by atoms with E-state index in [1.165, 1.54) is 0 Å². The monoisotopic (exact) mass is 273 g/mol. The number of hydrogen-bond donors (Lipinski definition) is 2. The molecule has 6 nitrogen and oxygen atoms in total. The molecule has 0 unspecified atom stereocenters. The van der Waals surface area contributed by atoms with E-state index in [1.807, 2.05) is 0 Å². The third kappa shape index (κ3) is 3.95. The van der Waals surface area contributed by atoms with Gasteiger partial charge in [-0.2, -0.15) is 0 Å². The number of nitro benzene ring substituents is 1. The fourth-order valence-corrected chi connectivity index (χ4v) is 1.43. The number of carbonyl (C=O) groups is 1. The summed E-state index contributed by atoms with van der Waals surface area (Å²) in [6, 6.07) is 0.929. The lowest BCUT2D eigenvalue weighted by molar-refractivity contribution is -0.385. The molecule has 1 aromatic carbocycles. The number of halogens is 2. The van der Waals surface area contributed by atoms with Crippen LogP contribution in [0.4, 0.5) is 14.5 Å². The van der Waals surface area contributed by atoms with Crippen LogP contribution in [0.1, 0.15) is 16.8 Å². The first-order valence-electron chi connectivity index (χ1n) is 5.53. The molecule has 1 aromatic rings. The van der Waals surface area contributed by atoms with E-state index in [0.29, 0.717) is 25.1 Å². The maximum atomic E-state index is 13.0. The van der Waals surface area contributed by atoms with Gasteiger partial charge in [0.1, 0.15) is 5.56 Å². The number of nitro groups is 1. The van der Waals surface area contributed by atoms with Gasteiger partial charge in [0.25, 0.3) is 11.6 Å². The third-order valence-corrected chi connectivity index (χ3v) is 2.37. The van der Waals surface area contributed by atoms with Crippen LogP contribution in [0.5, 0.6) is 0 Å². The highest BCUT2D eigenvalue weighted by molar-refractivity contribution is 5.98. The predicted molar refractivity (Wildman–Crippen MR) is 63.9 cm³/mol. The van der Waals surface area contributed by atoms with Crippen molar-refractivity contribution < 1.29 is 18.5 Å². The molecule has 1 amide bonds. The van der Waals surface area contributed by atoms with Crippen LogP contribution in [0.3, 0.4) is 0 Å². The molecule has 0 aliphatic heterocycles. The number of amides is 1. The van der Waals surface area contributed by atoms with Crippen molar-refractivity contribution in [2.45, 2.75) is 6.42 Å². The Bertz CT molecular complexity index is 494. The summed E-state index contributed by atoms with van der Waals surface area (Å²) in [7, 11) is 1.74. The van der Waals surface area contributed by atoms with E-state index in [4.69, 9.17) is 0 Å². The van der Waals surface area contributed by atoms with Gasteiger partial charge in [-0.25, -0.2) is 8.78 Å². The molecular weight excluding hydrogens is 260 g/mol. The molecule has 0 fully saturated rings. The number of carbonyl (C=O) groups excluding carboxylic acids is 1. The minimum absolute atomic E-state index is 0.274. The lowest BCUT2D eigenvalue weighted by Crippen LogP contribution is -2.27. The molecule has 0 saturated carbocycles. The van der Waals surface area contributed by atoms with E-state index in [2.05, 4.69) is 10.6 Å². The van der Waals surface area contributed by atoms with Crippen molar-refractivity contribution in [3.8, 4) is 0 Å². The Hall–Kier alpha value is -2.09. The maximum absolute atomic E-state index is 13.0. The summed E-state index contributed by atoms with van der Waals surface area (Å²) < 4.78 is 26.0. The Labute approximate surface area is 108 Å². The van der Waals surface area contributed by atoms with E-state index in [1.54, 1.807) is 7.05 Å². The van der Waals surface area contributed by atoms with Gasteiger partial charge in [-0.15, -0.1) is 0 Å². The summed E-state index contributed by atoms with van der Waals surface area (Å²) in [5.74, 6) is -3.47. The van der Waals surface area contributed by atoms with Crippen LogP contribution in [0, 0.1) is 21.7 Å². The minimum atomic E-state index is -1.36. The van der Waals surface area contributed by atoms with Gasteiger partial charge in [-0.1, -0.05) is 0 Å². The quantitative estimate of drug-likeness (QED) is 0.463. The van der Waals surface area contributed by atoms with Gasteiger partial charge in [0.15, 0.2) is 11.6 Å². The average Bonchev–Trinajstić information content (AvgIpc) is 2.36. The van der Waals surface area contributed by atoms with Crippen molar-refractivity contribution in [2.24, 2.45) is 0 Å². The first-order valence-corrected chi connectivity index (χ1v) is 5.53. The summed E-state index contributed by atoms with van der Waals surface area (Å²) in [5.41, 5.74) is -1.25. The summed E-state index contributed by atoms with van der Waals surface area (Å²) in [4.78, 5) is 21.4. The minimum Gasteiger partial charge on any atom is -0.352 e. The van der Waals surface area contributed by atoms with E-state index >= 15 is 0 Å². The van der Waals surface area contributed by atoms with Gasteiger partial charge in [-0.3, -0.25) is 14.9 Å². The Morgan fingerprint density at radius 2 is 1.95 bits per heavy atom. The molecule has 0 saturated heterocycles. The zero-order valence-electron chi connectivity index (χ0n) is 10.2. The van der Waals surface area contributed by atoms with Crippen LogP contribution >= 0.6 is 0 Å². The molecule has 0 bridgehead atoms. The normalized spacial score (nSPS) is 10.3. The maximum Gasteiger partial charge on any atom is 0.285 e. The highest BCUT2D eigenvalue weighted by Crippen LogP contribution is 2.22. The van der Waals surface area contributed by atoms with E-state index in [9.17, 15) is 23.7 Å². The Kier molecular flexibility index (Phi) is 5.31. The number of nitrogens with one attached hydrogen (secondary N) is 2.